The molecule has 7 nitrogen and oxygen atoms in total. The molecule has 248 valence electrons. The molecule has 7 heteroatoms. The molecule has 0 saturated carbocycles. The molecule has 0 radical (unpaired) electrons. The predicted molar refractivity (Wildman–Crippen MR) is 205 cm³/mol. The van der Waals surface area contributed by atoms with Crippen molar-refractivity contribution in [3.63, 3.8) is 0 Å². The van der Waals surface area contributed by atoms with Crippen LogP contribution in [0.4, 0.5) is 17.1 Å². The second kappa shape index (κ2) is 15.6. The van der Waals surface area contributed by atoms with E-state index in [-0.39, 0.29) is 12.4 Å². The Morgan fingerprint density at radius 1 is 0.706 bits per heavy atom. The highest BCUT2D eigenvalue weighted by molar-refractivity contribution is 5.96. The van der Waals surface area contributed by atoms with E-state index in [2.05, 4.69) is 33.9 Å². The van der Waals surface area contributed by atoms with Crippen LogP contribution in [-0.2, 0) is 11.4 Å². The van der Waals surface area contributed by atoms with Crippen molar-refractivity contribution in [1.82, 2.24) is 0 Å². The Labute approximate surface area is 297 Å². The summed E-state index contributed by atoms with van der Waals surface area (Å²) in [5.41, 5.74) is 13.1. The summed E-state index contributed by atoms with van der Waals surface area (Å²) in [7, 11) is 0. The van der Waals surface area contributed by atoms with Crippen LogP contribution in [0.3, 0.4) is 0 Å². The van der Waals surface area contributed by atoms with Gasteiger partial charge in [-0.25, -0.2) is 0 Å². The zero-order valence-corrected chi connectivity index (χ0v) is 28.6. The van der Waals surface area contributed by atoms with Gasteiger partial charge in [0.15, 0.2) is 0 Å². The van der Waals surface area contributed by atoms with Crippen LogP contribution in [0, 0.1) is 43.4 Å². The maximum Gasteiger partial charge on any atom is 0.149 e. The van der Waals surface area contributed by atoms with Crippen molar-refractivity contribution in [2.75, 3.05) is 5.48 Å². The first-order chi connectivity index (χ1) is 24.8. The number of fused-ring (bicyclic) bond motifs is 1. The number of phenols is 1. The summed E-state index contributed by atoms with van der Waals surface area (Å²) in [4.78, 5) is 5.78. The number of hydrogen-bond acceptors (Lipinski definition) is 7. The second-order valence-electron chi connectivity index (χ2n) is 12.3. The number of nitriles is 2. The van der Waals surface area contributed by atoms with Gasteiger partial charge < -0.3 is 5.11 Å². The van der Waals surface area contributed by atoms with Gasteiger partial charge in [-0.15, -0.1) is 5.11 Å². The van der Waals surface area contributed by atoms with Crippen LogP contribution >= 0.6 is 0 Å². The van der Waals surface area contributed by atoms with Gasteiger partial charge in [-0.3, -0.25) is 10.3 Å². The van der Waals surface area contributed by atoms with Crippen molar-refractivity contribution < 1.29 is 9.94 Å². The summed E-state index contributed by atoms with van der Waals surface area (Å²) in [6.45, 7) is 6.17. The van der Waals surface area contributed by atoms with Gasteiger partial charge in [0.1, 0.15) is 18.0 Å². The lowest BCUT2D eigenvalue weighted by atomic mass is 10.0. The number of azo groups is 1. The Balaban J connectivity index is 1.18. The Morgan fingerprint density at radius 3 is 1.90 bits per heavy atom. The fourth-order valence-corrected chi connectivity index (χ4v) is 5.64. The first kappa shape index (κ1) is 34.1. The van der Waals surface area contributed by atoms with Gasteiger partial charge in [0.25, 0.3) is 0 Å². The van der Waals surface area contributed by atoms with E-state index in [1.165, 1.54) is 5.56 Å². The van der Waals surface area contributed by atoms with Crippen molar-refractivity contribution in [2.45, 2.75) is 27.4 Å². The smallest absolute Gasteiger partial charge is 0.149 e. The number of aryl methyl sites for hydroxylation is 3. The topological polar surface area (TPSA) is 114 Å². The van der Waals surface area contributed by atoms with Gasteiger partial charge in [0.2, 0.25) is 0 Å². The molecule has 0 atom stereocenters. The number of hydrogen-bond donors (Lipinski definition) is 2. The largest absolute Gasteiger partial charge is 0.505 e. The van der Waals surface area contributed by atoms with Gasteiger partial charge >= 0.3 is 0 Å². The van der Waals surface area contributed by atoms with E-state index in [0.29, 0.717) is 28.1 Å². The monoisotopic (exact) mass is 665 g/mol. The lowest BCUT2D eigenvalue weighted by Gasteiger charge is -2.13. The number of benzene rings is 6. The number of phenolic OH excluding ortho intramolecular Hbond substituents is 1. The van der Waals surface area contributed by atoms with Crippen molar-refractivity contribution in [3.8, 4) is 17.9 Å². The number of nitrogens with one attached hydrogen (secondary N) is 1. The molecular weight excluding hydrogens is 631 g/mol. The molecule has 0 saturated heterocycles. The second-order valence-corrected chi connectivity index (χ2v) is 12.3. The maximum absolute atomic E-state index is 11.3. The predicted octanol–water partition coefficient (Wildman–Crippen LogP) is 11.6. The molecule has 0 spiro atoms. The Morgan fingerprint density at radius 2 is 1.29 bits per heavy atom. The quantitative estimate of drug-likeness (QED) is 0.0654. The van der Waals surface area contributed by atoms with Crippen LogP contribution in [0.1, 0.15) is 44.5 Å². The zero-order chi connectivity index (χ0) is 35.7. The Kier molecular flexibility index (Phi) is 10.4. The number of nitrogens with zero attached hydrogens (tertiary/aromatic N) is 4. The minimum atomic E-state index is -0.00768. The zero-order valence-electron chi connectivity index (χ0n) is 28.6. The van der Waals surface area contributed by atoms with Gasteiger partial charge in [-0.05, 0) is 90.4 Å². The van der Waals surface area contributed by atoms with E-state index >= 15 is 0 Å². The molecule has 0 unspecified atom stereocenters. The number of anilines is 1. The average Bonchev–Trinajstić information content (AvgIpc) is 3.15. The van der Waals surface area contributed by atoms with Crippen molar-refractivity contribution in [3.05, 3.63) is 166 Å². The molecular formula is C44H35N5O2. The van der Waals surface area contributed by atoms with Crippen LogP contribution in [0.15, 0.2) is 132 Å². The molecule has 2 N–H and O–H groups in total. The average molecular weight is 666 g/mol. The Hall–Kier alpha value is -6.80. The van der Waals surface area contributed by atoms with E-state index in [1.54, 1.807) is 12.1 Å². The molecule has 51 heavy (non-hydrogen) atoms. The fourth-order valence-electron chi connectivity index (χ4n) is 5.64. The van der Waals surface area contributed by atoms with E-state index in [1.807, 2.05) is 136 Å². The molecule has 0 aliphatic rings. The molecule has 0 bridgehead atoms. The van der Waals surface area contributed by atoms with Crippen LogP contribution in [0.25, 0.3) is 34.1 Å². The summed E-state index contributed by atoms with van der Waals surface area (Å²) in [6.07, 6.45) is 3.68. The summed E-state index contributed by atoms with van der Waals surface area (Å²) >= 11 is 0. The molecule has 0 aliphatic carbocycles. The molecule has 6 aromatic carbocycles. The summed E-state index contributed by atoms with van der Waals surface area (Å²) < 4.78 is 0. The van der Waals surface area contributed by atoms with Gasteiger partial charge in [0, 0.05) is 10.9 Å². The third kappa shape index (κ3) is 8.26. The minimum Gasteiger partial charge on any atom is -0.505 e. The minimum absolute atomic E-state index is 0.00768. The van der Waals surface area contributed by atoms with Gasteiger partial charge in [0.05, 0.1) is 34.7 Å². The molecule has 6 rings (SSSR count). The standard InChI is InChI=1S/C44H35N5O2/c1-29-8-15-34(16-9-29)37(26-45)23-32-11-13-33(14-12-32)24-38(27-46)35-17-19-40(20-18-35)47-48-43-41-7-5-4-6-36(41)25-39(44(43)50)28-51-49-42-21-10-30(2)22-31(42)3/h4-25,49-50H,28H2,1-3H3. The molecule has 6 aromatic rings. The van der Waals surface area contributed by atoms with E-state index < -0.39 is 0 Å². The van der Waals surface area contributed by atoms with Crippen LogP contribution in [0.5, 0.6) is 5.75 Å². The van der Waals surface area contributed by atoms with Crippen molar-refractivity contribution >= 4 is 51.1 Å². The molecule has 0 amide bonds. The summed E-state index contributed by atoms with van der Waals surface area (Å²) in [6, 6.07) is 43.0. The molecule has 0 heterocycles. The highest BCUT2D eigenvalue weighted by Crippen LogP contribution is 2.40. The summed E-state index contributed by atoms with van der Waals surface area (Å²) in [5.74, 6) is -0.00768. The molecule has 0 aromatic heterocycles. The van der Waals surface area contributed by atoms with E-state index in [4.69, 9.17) is 4.84 Å². The third-order valence-electron chi connectivity index (χ3n) is 8.47. The third-order valence-corrected chi connectivity index (χ3v) is 8.47. The lowest BCUT2D eigenvalue weighted by molar-refractivity contribution is 0.177. The molecule has 0 fully saturated rings. The van der Waals surface area contributed by atoms with Crippen LogP contribution in [0.2, 0.25) is 0 Å². The highest BCUT2D eigenvalue weighted by atomic mass is 16.6. The van der Waals surface area contributed by atoms with E-state index in [9.17, 15) is 15.6 Å². The van der Waals surface area contributed by atoms with E-state index in [0.717, 1.165) is 49.8 Å². The van der Waals surface area contributed by atoms with Gasteiger partial charge in [-0.1, -0.05) is 108 Å². The first-order valence-corrected chi connectivity index (χ1v) is 16.4. The molecule has 0 aliphatic heterocycles. The SMILES string of the molecule is Cc1ccc(C(C#N)=Cc2ccc(C=C(C#N)c3ccc(N=Nc4c(O)c(CONc5ccc(C)cc5C)cc5ccccc45)cc3)cc2)cc1. The highest BCUT2D eigenvalue weighted by Gasteiger charge is 2.14. The Bertz CT molecular complexity index is 2380. The normalized spacial score (nSPS) is 11.8. The number of rotatable bonds is 10. The number of allylic oxidation sites excluding steroid dienone is 2. The summed E-state index contributed by atoms with van der Waals surface area (Å²) in [5, 5.41) is 41.5. The first-order valence-electron chi connectivity index (χ1n) is 16.4. The van der Waals surface area contributed by atoms with Gasteiger partial charge in [-0.2, -0.15) is 15.6 Å². The van der Waals surface area contributed by atoms with Crippen molar-refractivity contribution in [2.24, 2.45) is 10.2 Å². The van der Waals surface area contributed by atoms with Crippen LogP contribution in [-0.4, -0.2) is 5.11 Å². The fraction of sp³-hybridized carbons (Fsp3) is 0.0909. The van der Waals surface area contributed by atoms with Crippen LogP contribution < -0.4 is 5.48 Å². The number of aromatic hydroxyl groups is 1. The van der Waals surface area contributed by atoms with Crippen molar-refractivity contribution in [1.29, 1.82) is 10.5 Å². The lowest BCUT2D eigenvalue weighted by Crippen LogP contribution is -2.03. The maximum atomic E-state index is 11.3.